The first-order valence-corrected chi connectivity index (χ1v) is 10.3. The zero-order chi connectivity index (χ0) is 20.4. The molecule has 0 saturated heterocycles. The number of benzene rings is 2. The lowest BCUT2D eigenvalue weighted by Crippen LogP contribution is -2.33. The first kappa shape index (κ1) is 20.9. The number of likely N-dealkylation sites (N-methyl/N-ethyl adjacent to an activating group) is 1. The molecule has 0 unspecified atom stereocenters. The van der Waals surface area contributed by atoms with Crippen molar-refractivity contribution < 1.29 is 13.2 Å². The van der Waals surface area contributed by atoms with Gasteiger partial charge in [-0.2, -0.15) is 0 Å². The second-order valence-corrected chi connectivity index (χ2v) is 8.37. The molecule has 3 N–H and O–H groups in total. The van der Waals surface area contributed by atoms with Crippen LogP contribution >= 0.6 is 0 Å². The Morgan fingerprint density at radius 1 is 1.07 bits per heavy atom. The highest BCUT2D eigenvalue weighted by Gasteiger charge is 2.16. The van der Waals surface area contributed by atoms with Crippen molar-refractivity contribution in [2.45, 2.75) is 39.5 Å². The van der Waals surface area contributed by atoms with Gasteiger partial charge in [-0.3, -0.25) is 4.79 Å². The van der Waals surface area contributed by atoms with E-state index in [9.17, 15) is 13.2 Å². The monoisotopic (exact) mass is 389 g/mol. The Labute approximate surface area is 161 Å². The first-order valence-electron chi connectivity index (χ1n) is 8.79. The summed E-state index contributed by atoms with van der Waals surface area (Å²) in [7, 11) is -3.84. The maximum atomic E-state index is 12.6. The highest BCUT2D eigenvalue weighted by Crippen LogP contribution is 2.24. The van der Waals surface area contributed by atoms with Crippen molar-refractivity contribution in [2.24, 2.45) is 5.14 Å². The smallest absolute Gasteiger partial charge is 0.243 e. The van der Waals surface area contributed by atoms with E-state index in [1.807, 2.05) is 44.7 Å². The van der Waals surface area contributed by atoms with Gasteiger partial charge in [0.15, 0.2) is 0 Å². The van der Waals surface area contributed by atoms with Crippen LogP contribution in [0.15, 0.2) is 35.2 Å². The molecule has 0 atom stereocenters. The van der Waals surface area contributed by atoms with Gasteiger partial charge in [-0.25, -0.2) is 13.6 Å². The molecule has 6 nitrogen and oxygen atoms in total. The second-order valence-electron chi connectivity index (χ2n) is 6.81. The van der Waals surface area contributed by atoms with Crippen molar-refractivity contribution in [3.05, 3.63) is 52.6 Å². The summed E-state index contributed by atoms with van der Waals surface area (Å²) in [5.41, 5.74) is 5.30. The standard InChI is InChI=1S/C20H27N3O3S/c1-6-23(19-8-7-13(2)9-15(19)4)12-20(24)22-18-11-17(27(21,25)26)10-14(3)16(18)5/h7-11H,6,12H2,1-5H3,(H,22,24)(H2,21,25,26). The zero-order valence-electron chi connectivity index (χ0n) is 16.5. The van der Waals surface area contributed by atoms with Crippen molar-refractivity contribution in [3.63, 3.8) is 0 Å². The summed E-state index contributed by atoms with van der Waals surface area (Å²) >= 11 is 0. The SMILES string of the molecule is CCN(CC(=O)Nc1cc(S(N)(=O)=O)cc(C)c1C)c1ccc(C)cc1C. The lowest BCUT2D eigenvalue weighted by Gasteiger charge is -2.25. The van der Waals surface area contributed by atoms with E-state index in [0.29, 0.717) is 12.2 Å². The third kappa shape index (κ3) is 5.08. The largest absolute Gasteiger partial charge is 0.362 e. The van der Waals surface area contributed by atoms with Gasteiger partial charge in [0, 0.05) is 17.9 Å². The van der Waals surface area contributed by atoms with E-state index in [2.05, 4.69) is 11.4 Å². The van der Waals surface area contributed by atoms with Gasteiger partial charge in [-0.15, -0.1) is 0 Å². The quantitative estimate of drug-likeness (QED) is 0.794. The maximum Gasteiger partial charge on any atom is 0.243 e. The minimum absolute atomic E-state index is 0.0115. The minimum atomic E-state index is -3.84. The van der Waals surface area contributed by atoms with E-state index in [-0.39, 0.29) is 17.3 Å². The number of aryl methyl sites for hydroxylation is 3. The molecule has 0 aromatic heterocycles. The average Bonchev–Trinajstić information content (AvgIpc) is 2.56. The molecule has 0 aliphatic carbocycles. The molecule has 0 heterocycles. The summed E-state index contributed by atoms with van der Waals surface area (Å²) < 4.78 is 23.3. The molecular weight excluding hydrogens is 362 g/mol. The molecule has 2 rings (SSSR count). The molecule has 2 aromatic rings. The molecule has 0 radical (unpaired) electrons. The van der Waals surface area contributed by atoms with E-state index in [0.717, 1.165) is 22.4 Å². The number of hydrogen-bond donors (Lipinski definition) is 2. The Morgan fingerprint density at radius 3 is 2.30 bits per heavy atom. The van der Waals surface area contributed by atoms with E-state index < -0.39 is 10.0 Å². The molecule has 7 heteroatoms. The van der Waals surface area contributed by atoms with Crippen LogP contribution in [-0.4, -0.2) is 27.4 Å². The van der Waals surface area contributed by atoms with Crippen molar-refractivity contribution in [3.8, 4) is 0 Å². The number of carbonyl (C=O) groups excluding carboxylic acids is 1. The normalized spacial score (nSPS) is 11.3. The number of rotatable bonds is 6. The van der Waals surface area contributed by atoms with Crippen LogP contribution in [-0.2, 0) is 14.8 Å². The first-order chi connectivity index (χ1) is 12.5. The fourth-order valence-electron chi connectivity index (χ4n) is 3.01. The summed E-state index contributed by atoms with van der Waals surface area (Å²) in [5, 5.41) is 8.06. The van der Waals surface area contributed by atoms with Crippen LogP contribution in [0.1, 0.15) is 29.2 Å². The Kier molecular flexibility index (Phi) is 6.28. The zero-order valence-corrected chi connectivity index (χ0v) is 17.3. The van der Waals surface area contributed by atoms with E-state index >= 15 is 0 Å². The summed E-state index contributed by atoms with van der Waals surface area (Å²) in [6.45, 7) is 10.5. The molecule has 0 aliphatic rings. The number of carbonyl (C=O) groups is 1. The van der Waals surface area contributed by atoms with Crippen LogP contribution in [0.3, 0.4) is 0 Å². The van der Waals surface area contributed by atoms with Crippen LogP contribution in [0.5, 0.6) is 0 Å². The lowest BCUT2D eigenvalue weighted by atomic mass is 10.1. The molecule has 146 valence electrons. The van der Waals surface area contributed by atoms with Crippen LogP contribution in [0, 0.1) is 27.7 Å². The number of sulfonamides is 1. The Balaban J connectivity index is 2.25. The second kappa shape index (κ2) is 8.10. The number of nitrogens with one attached hydrogen (secondary N) is 1. The molecule has 0 aliphatic heterocycles. The fourth-order valence-corrected chi connectivity index (χ4v) is 3.63. The van der Waals surface area contributed by atoms with Crippen molar-refractivity contribution in [1.82, 2.24) is 0 Å². The van der Waals surface area contributed by atoms with Crippen LogP contribution in [0.4, 0.5) is 11.4 Å². The molecule has 0 saturated carbocycles. The van der Waals surface area contributed by atoms with Gasteiger partial charge in [0.1, 0.15) is 0 Å². The van der Waals surface area contributed by atoms with Gasteiger partial charge < -0.3 is 10.2 Å². The number of nitrogens with two attached hydrogens (primary N) is 1. The van der Waals surface area contributed by atoms with Gasteiger partial charge >= 0.3 is 0 Å². The van der Waals surface area contributed by atoms with Crippen molar-refractivity contribution in [1.29, 1.82) is 0 Å². The van der Waals surface area contributed by atoms with Crippen molar-refractivity contribution >= 4 is 27.3 Å². The highest BCUT2D eigenvalue weighted by atomic mass is 32.2. The molecule has 27 heavy (non-hydrogen) atoms. The molecule has 2 aromatic carbocycles. The van der Waals surface area contributed by atoms with Gasteiger partial charge in [-0.05, 0) is 69.5 Å². The lowest BCUT2D eigenvalue weighted by molar-refractivity contribution is -0.115. The minimum Gasteiger partial charge on any atom is -0.362 e. The van der Waals surface area contributed by atoms with Crippen LogP contribution in [0.25, 0.3) is 0 Å². The predicted octanol–water partition coefficient (Wildman–Crippen LogP) is 3.03. The Hall–Kier alpha value is -2.38. The number of anilines is 2. The summed E-state index contributed by atoms with van der Waals surface area (Å²) in [4.78, 5) is 14.6. The van der Waals surface area contributed by atoms with Gasteiger partial charge in [0.2, 0.25) is 15.9 Å². The summed E-state index contributed by atoms with van der Waals surface area (Å²) in [6.07, 6.45) is 0. The maximum absolute atomic E-state index is 12.6. The van der Waals surface area contributed by atoms with E-state index in [1.54, 1.807) is 6.92 Å². The van der Waals surface area contributed by atoms with Gasteiger partial charge in [-0.1, -0.05) is 17.7 Å². The third-order valence-corrected chi connectivity index (χ3v) is 5.55. The Morgan fingerprint density at radius 2 is 1.74 bits per heavy atom. The average molecular weight is 390 g/mol. The molecular formula is C20H27N3O3S. The van der Waals surface area contributed by atoms with Gasteiger partial charge in [0.05, 0.1) is 11.4 Å². The predicted molar refractivity (Wildman–Crippen MR) is 110 cm³/mol. The van der Waals surface area contributed by atoms with Crippen LogP contribution in [0.2, 0.25) is 0 Å². The number of amides is 1. The van der Waals surface area contributed by atoms with E-state index in [1.165, 1.54) is 17.7 Å². The highest BCUT2D eigenvalue weighted by molar-refractivity contribution is 7.89. The third-order valence-electron chi connectivity index (χ3n) is 4.65. The van der Waals surface area contributed by atoms with E-state index in [4.69, 9.17) is 5.14 Å². The molecule has 0 fully saturated rings. The molecule has 1 amide bonds. The number of primary sulfonamides is 1. The fraction of sp³-hybridized carbons (Fsp3) is 0.350. The summed E-state index contributed by atoms with van der Waals surface area (Å²) in [5.74, 6) is -0.217. The van der Waals surface area contributed by atoms with Crippen LogP contribution < -0.4 is 15.4 Å². The molecule has 0 bridgehead atoms. The summed E-state index contributed by atoms with van der Waals surface area (Å²) in [6, 6.07) is 9.03. The molecule has 0 spiro atoms. The number of hydrogen-bond acceptors (Lipinski definition) is 4. The number of nitrogens with zero attached hydrogens (tertiary/aromatic N) is 1. The topological polar surface area (TPSA) is 92.5 Å². The van der Waals surface area contributed by atoms with Crippen molar-refractivity contribution in [2.75, 3.05) is 23.3 Å². The Bertz CT molecular complexity index is 969. The van der Waals surface area contributed by atoms with Gasteiger partial charge in [0.25, 0.3) is 0 Å².